The lowest BCUT2D eigenvalue weighted by Gasteiger charge is -2.39. The number of nitrogens with zero attached hydrogens (tertiary/aromatic N) is 1. The molecule has 2 aliphatic heterocycles. The van der Waals surface area contributed by atoms with Crippen molar-refractivity contribution in [2.45, 2.75) is 31.3 Å². The van der Waals surface area contributed by atoms with Gasteiger partial charge in [-0.1, -0.05) is 12.1 Å². The number of benzene rings is 1. The topological polar surface area (TPSA) is 24.5 Å². The van der Waals surface area contributed by atoms with E-state index < -0.39 is 0 Å². The van der Waals surface area contributed by atoms with E-state index in [2.05, 4.69) is 28.4 Å². The Bertz CT molecular complexity index is 394. The maximum atomic E-state index is 5.48. The Balaban J connectivity index is 1.91. The summed E-state index contributed by atoms with van der Waals surface area (Å²) in [5.41, 5.74) is 1.26. The Labute approximate surface area is 103 Å². The highest BCUT2D eigenvalue weighted by Gasteiger charge is 2.35. The molecule has 1 aromatic rings. The van der Waals surface area contributed by atoms with Crippen LogP contribution in [-0.4, -0.2) is 32.3 Å². The molecule has 2 fully saturated rings. The Hall–Kier alpha value is -1.22. The van der Waals surface area contributed by atoms with Crippen molar-refractivity contribution >= 4 is 5.69 Å². The van der Waals surface area contributed by atoms with Crippen LogP contribution in [0.1, 0.15) is 19.3 Å². The van der Waals surface area contributed by atoms with Crippen LogP contribution < -0.4 is 15.0 Å². The summed E-state index contributed by atoms with van der Waals surface area (Å²) in [7, 11) is 1.76. The van der Waals surface area contributed by atoms with E-state index in [1.54, 1.807) is 7.11 Å². The summed E-state index contributed by atoms with van der Waals surface area (Å²) < 4.78 is 5.48. The molecule has 2 atom stereocenters. The van der Waals surface area contributed by atoms with Gasteiger partial charge in [0.15, 0.2) is 0 Å². The highest BCUT2D eigenvalue weighted by Crippen LogP contribution is 2.35. The van der Waals surface area contributed by atoms with Crippen LogP contribution in [0.5, 0.6) is 5.75 Å². The second kappa shape index (κ2) is 4.57. The number of piperidine rings is 1. The lowest BCUT2D eigenvalue weighted by atomic mass is 9.96. The van der Waals surface area contributed by atoms with E-state index in [0.29, 0.717) is 12.1 Å². The highest BCUT2D eigenvalue weighted by molar-refractivity contribution is 5.59. The summed E-state index contributed by atoms with van der Waals surface area (Å²) in [5, 5.41) is 3.61. The Morgan fingerprint density at radius 2 is 2.18 bits per heavy atom. The first kappa shape index (κ1) is 10.9. The van der Waals surface area contributed by atoms with Crippen molar-refractivity contribution in [2.75, 3.05) is 25.1 Å². The predicted molar refractivity (Wildman–Crippen MR) is 69.8 cm³/mol. The fourth-order valence-electron chi connectivity index (χ4n) is 3.23. The van der Waals surface area contributed by atoms with Crippen LogP contribution in [-0.2, 0) is 0 Å². The van der Waals surface area contributed by atoms with E-state index in [9.17, 15) is 0 Å². The third kappa shape index (κ3) is 1.89. The monoisotopic (exact) mass is 232 g/mol. The first-order valence-corrected chi connectivity index (χ1v) is 6.53. The van der Waals surface area contributed by atoms with Gasteiger partial charge in [0.2, 0.25) is 0 Å². The largest absolute Gasteiger partial charge is 0.495 e. The van der Waals surface area contributed by atoms with Gasteiger partial charge >= 0.3 is 0 Å². The molecule has 0 aromatic heterocycles. The SMILES string of the molecule is COc1ccccc1N1CCCC2NCCC21. The summed E-state index contributed by atoms with van der Waals surface area (Å²) >= 11 is 0. The van der Waals surface area contributed by atoms with Crippen LogP contribution in [0, 0.1) is 0 Å². The number of fused-ring (bicyclic) bond motifs is 1. The Morgan fingerprint density at radius 3 is 3.06 bits per heavy atom. The van der Waals surface area contributed by atoms with E-state index >= 15 is 0 Å². The second-order valence-corrected chi connectivity index (χ2v) is 4.92. The number of methoxy groups -OCH3 is 1. The van der Waals surface area contributed by atoms with Gasteiger partial charge < -0.3 is 15.0 Å². The van der Waals surface area contributed by atoms with Gasteiger partial charge in [0.05, 0.1) is 12.8 Å². The summed E-state index contributed by atoms with van der Waals surface area (Å²) in [6.07, 6.45) is 3.84. The molecule has 0 bridgehead atoms. The molecule has 0 saturated carbocycles. The van der Waals surface area contributed by atoms with Crippen LogP contribution >= 0.6 is 0 Å². The zero-order valence-corrected chi connectivity index (χ0v) is 10.4. The zero-order valence-electron chi connectivity index (χ0n) is 10.4. The first-order valence-electron chi connectivity index (χ1n) is 6.53. The molecule has 2 heterocycles. The average molecular weight is 232 g/mol. The van der Waals surface area contributed by atoms with Crippen LogP contribution in [0.25, 0.3) is 0 Å². The lowest BCUT2D eigenvalue weighted by Crippen LogP contribution is -2.48. The van der Waals surface area contributed by atoms with Crippen LogP contribution in [0.2, 0.25) is 0 Å². The van der Waals surface area contributed by atoms with Gasteiger partial charge in [0.25, 0.3) is 0 Å². The molecule has 3 rings (SSSR count). The van der Waals surface area contributed by atoms with Gasteiger partial charge in [-0.3, -0.25) is 0 Å². The number of hydrogen-bond donors (Lipinski definition) is 1. The van der Waals surface area contributed by atoms with Gasteiger partial charge in [-0.15, -0.1) is 0 Å². The summed E-state index contributed by atoms with van der Waals surface area (Å²) in [6, 6.07) is 9.70. The fourth-order valence-corrected chi connectivity index (χ4v) is 3.23. The molecular formula is C14H20N2O. The molecular weight excluding hydrogens is 212 g/mol. The van der Waals surface area contributed by atoms with Gasteiger partial charge in [0, 0.05) is 18.6 Å². The van der Waals surface area contributed by atoms with Crippen molar-refractivity contribution in [2.24, 2.45) is 0 Å². The highest BCUT2D eigenvalue weighted by atomic mass is 16.5. The molecule has 0 spiro atoms. The second-order valence-electron chi connectivity index (χ2n) is 4.92. The van der Waals surface area contributed by atoms with Crippen molar-refractivity contribution in [3.63, 3.8) is 0 Å². The van der Waals surface area contributed by atoms with E-state index in [1.165, 1.54) is 24.9 Å². The number of rotatable bonds is 2. The van der Waals surface area contributed by atoms with Gasteiger partial charge in [-0.25, -0.2) is 0 Å². The molecule has 92 valence electrons. The van der Waals surface area contributed by atoms with E-state index in [-0.39, 0.29) is 0 Å². The molecule has 3 nitrogen and oxygen atoms in total. The van der Waals surface area contributed by atoms with E-state index in [4.69, 9.17) is 4.74 Å². The van der Waals surface area contributed by atoms with Crippen molar-refractivity contribution < 1.29 is 4.74 Å². The van der Waals surface area contributed by atoms with Crippen molar-refractivity contribution in [1.82, 2.24) is 5.32 Å². The Kier molecular flexibility index (Phi) is 2.93. The third-order valence-corrected chi connectivity index (χ3v) is 4.02. The number of para-hydroxylation sites is 2. The molecule has 2 aliphatic rings. The van der Waals surface area contributed by atoms with E-state index in [1.807, 2.05) is 6.07 Å². The summed E-state index contributed by atoms with van der Waals surface area (Å²) in [4.78, 5) is 2.53. The van der Waals surface area contributed by atoms with Crippen molar-refractivity contribution in [1.29, 1.82) is 0 Å². The molecule has 1 N–H and O–H groups in total. The van der Waals surface area contributed by atoms with Crippen LogP contribution in [0.4, 0.5) is 5.69 Å². The smallest absolute Gasteiger partial charge is 0.142 e. The molecule has 2 saturated heterocycles. The minimum Gasteiger partial charge on any atom is -0.495 e. The molecule has 0 amide bonds. The summed E-state index contributed by atoms with van der Waals surface area (Å²) in [6.45, 7) is 2.31. The van der Waals surface area contributed by atoms with Crippen molar-refractivity contribution in [3.05, 3.63) is 24.3 Å². The fraction of sp³-hybridized carbons (Fsp3) is 0.571. The maximum Gasteiger partial charge on any atom is 0.142 e. The minimum absolute atomic E-state index is 0.653. The number of nitrogens with one attached hydrogen (secondary N) is 1. The molecule has 17 heavy (non-hydrogen) atoms. The lowest BCUT2D eigenvalue weighted by molar-refractivity contribution is 0.391. The van der Waals surface area contributed by atoms with Crippen LogP contribution in [0.3, 0.4) is 0 Å². The zero-order chi connectivity index (χ0) is 11.7. The predicted octanol–water partition coefficient (Wildman–Crippen LogP) is 2.03. The first-order chi connectivity index (χ1) is 8.40. The molecule has 1 aromatic carbocycles. The van der Waals surface area contributed by atoms with Crippen LogP contribution in [0.15, 0.2) is 24.3 Å². The molecule has 0 radical (unpaired) electrons. The normalized spacial score (nSPS) is 27.9. The number of anilines is 1. The van der Waals surface area contributed by atoms with E-state index in [0.717, 1.165) is 18.8 Å². The molecule has 0 aliphatic carbocycles. The molecule has 2 unspecified atom stereocenters. The average Bonchev–Trinajstić information content (AvgIpc) is 2.86. The van der Waals surface area contributed by atoms with Gasteiger partial charge in [-0.2, -0.15) is 0 Å². The number of hydrogen-bond acceptors (Lipinski definition) is 3. The third-order valence-electron chi connectivity index (χ3n) is 4.02. The quantitative estimate of drug-likeness (QED) is 0.844. The van der Waals surface area contributed by atoms with Gasteiger partial charge in [-0.05, 0) is 37.9 Å². The molecule has 3 heteroatoms. The van der Waals surface area contributed by atoms with Gasteiger partial charge in [0.1, 0.15) is 5.75 Å². The standard InChI is InChI=1S/C14H20N2O/c1-17-14-7-3-2-6-13(14)16-10-4-5-11-12(16)8-9-15-11/h2-3,6-7,11-12,15H,4-5,8-10H2,1H3. The summed E-state index contributed by atoms with van der Waals surface area (Å²) in [5.74, 6) is 1.00. The maximum absolute atomic E-state index is 5.48. The van der Waals surface area contributed by atoms with Crippen molar-refractivity contribution in [3.8, 4) is 5.75 Å². The minimum atomic E-state index is 0.653. The Morgan fingerprint density at radius 1 is 1.29 bits per heavy atom. The number of ether oxygens (including phenoxy) is 1.